The normalized spacial score (nSPS) is 9.88. The van der Waals surface area contributed by atoms with E-state index < -0.39 is 5.97 Å². The predicted octanol–water partition coefficient (Wildman–Crippen LogP) is 3.06. The van der Waals surface area contributed by atoms with Gasteiger partial charge in [0.05, 0.1) is 16.5 Å². The van der Waals surface area contributed by atoms with Crippen molar-refractivity contribution in [1.82, 2.24) is 9.97 Å². The number of rotatable bonds is 1. The molecule has 1 heterocycles. The predicted molar refractivity (Wildman–Crippen MR) is 63.8 cm³/mol. The fraction of sp³-hybridized carbons (Fsp3) is 0. The third-order valence-corrected chi connectivity index (χ3v) is 2.32. The number of benzene rings is 1. The maximum absolute atomic E-state index is 10.9. The minimum Gasteiger partial charge on any atom is -0.478 e. The molecule has 0 fully saturated rings. The smallest absolute Gasteiger partial charge is 0.336 e. The maximum atomic E-state index is 10.9. The van der Waals surface area contributed by atoms with Crippen LogP contribution in [-0.4, -0.2) is 21.0 Å². The Morgan fingerprint density at radius 1 is 1.25 bits per heavy atom. The van der Waals surface area contributed by atoms with Crippen LogP contribution in [0.1, 0.15) is 10.4 Å². The fourth-order valence-electron chi connectivity index (χ4n) is 1.29. The summed E-state index contributed by atoms with van der Waals surface area (Å²) < 4.78 is 0. The molecule has 84 valence electrons. The van der Waals surface area contributed by atoms with E-state index in [1.807, 2.05) is 0 Å². The number of nitrogens with zero attached hydrogens (tertiary/aromatic N) is 2. The maximum Gasteiger partial charge on any atom is 0.336 e. The lowest BCUT2D eigenvalue weighted by atomic mass is 10.1. The van der Waals surface area contributed by atoms with Gasteiger partial charge >= 0.3 is 5.97 Å². The highest BCUT2D eigenvalue weighted by molar-refractivity contribution is 6.36. The molecule has 0 radical (unpaired) electrons. The Morgan fingerprint density at radius 2 is 1.94 bits per heavy atom. The van der Waals surface area contributed by atoms with Crippen LogP contribution in [-0.2, 0) is 0 Å². The van der Waals surface area contributed by atoms with E-state index in [1.54, 1.807) is 12.1 Å². The zero-order valence-electron chi connectivity index (χ0n) is 7.65. The summed E-state index contributed by atoms with van der Waals surface area (Å²) >= 11 is 11.4. The van der Waals surface area contributed by atoms with Crippen molar-refractivity contribution < 1.29 is 9.90 Å². The molecule has 0 saturated heterocycles. The van der Waals surface area contributed by atoms with Gasteiger partial charge in [0.2, 0.25) is 5.28 Å². The summed E-state index contributed by atoms with van der Waals surface area (Å²) in [6.07, 6.45) is 0. The first-order chi connectivity index (χ1) is 7.09. The molecule has 0 aliphatic rings. The molecule has 0 aliphatic heterocycles. The van der Waals surface area contributed by atoms with Gasteiger partial charge in [0, 0.05) is 0 Å². The van der Waals surface area contributed by atoms with Crippen molar-refractivity contribution in [2.75, 3.05) is 0 Å². The quantitative estimate of drug-likeness (QED) is 0.644. The molecule has 1 aromatic carbocycles. The molecule has 1 N–H and O–H groups in total. The fourth-order valence-corrected chi connectivity index (χ4v) is 1.79. The molecule has 1 aromatic heterocycles. The topological polar surface area (TPSA) is 63.1 Å². The van der Waals surface area contributed by atoms with Crippen LogP contribution < -0.4 is 0 Å². The standard InChI is InChI=1S/C9H4Cl2N2O2.ClH/c10-7-6-4(8(14)15)2-1-3-5(6)12-9(11)13-7;/h1-3H,(H,14,15);1H. The average molecular weight is 280 g/mol. The van der Waals surface area contributed by atoms with Crippen molar-refractivity contribution in [2.45, 2.75) is 0 Å². The first-order valence-electron chi connectivity index (χ1n) is 3.94. The van der Waals surface area contributed by atoms with Gasteiger partial charge in [-0.15, -0.1) is 12.4 Å². The zero-order valence-corrected chi connectivity index (χ0v) is 9.97. The van der Waals surface area contributed by atoms with E-state index in [2.05, 4.69) is 9.97 Å². The number of halogens is 3. The van der Waals surface area contributed by atoms with E-state index in [0.717, 1.165) is 0 Å². The Kier molecular flexibility index (Phi) is 3.91. The number of aromatic carboxylic acids is 1. The highest BCUT2D eigenvalue weighted by atomic mass is 35.5. The van der Waals surface area contributed by atoms with E-state index in [0.29, 0.717) is 10.9 Å². The average Bonchev–Trinajstić information content (AvgIpc) is 2.16. The van der Waals surface area contributed by atoms with E-state index >= 15 is 0 Å². The molecule has 0 bridgehead atoms. The van der Waals surface area contributed by atoms with Crippen molar-refractivity contribution in [3.8, 4) is 0 Å². The minimum atomic E-state index is -1.08. The first kappa shape index (κ1) is 13.0. The summed E-state index contributed by atoms with van der Waals surface area (Å²) in [6, 6.07) is 4.64. The SMILES string of the molecule is Cl.O=C(O)c1cccc2nc(Cl)nc(Cl)c12. The van der Waals surface area contributed by atoms with Crippen LogP contribution in [0.3, 0.4) is 0 Å². The molecule has 2 aromatic rings. The summed E-state index contributed by atoms with van der Waals surface area (Å²) in [5, 5.41) is 9.27. The van der Waals surface area contributed by atoms with E-state index in [-0.39, 0.29) is 28.4 Å². The van der Waals surface area contributed by atoms with Crippen LogP contribution in [0, 0.1) is 0 Å². The summed E-state index contributed by atoms with van der Waals surface area (Å²) in [7, 11) is 0. The van der Waals surface area contributed by atoms with Gasteiger partial charge in [-0.3, -0.25) is 0 Å². The number of carboxylic acids is 1. The van der Waals surface area contributed by atoms with Crippen molar-refractivity contribution in [2.24, 2.45) is 0 Å². The highest BCUT2D eigenvalue weighted by Crippen LogP contribution is 2.25. The Labute approximate surface area is 107 Å². The van der Waals surface area contributed by atoms with Crippen LogP contribution >= 0.6 is 35.6 Å². The summed E-state index contributed by atoms with van der Waals surface area (Å²) in [4.78, 5) is 18.5. The van der Waals surface area contributed by atoms with Gasteiger partial charge in [-0.2, -0.15) is 0 Å². The van der Waals surface area contributed by atoms with Crippen LogP contribution in [0.2, 0.25) is 10.4 Å². The van der Waals surface area contributed by atoms with Gasteiger partial charge in [0.1, 0.15) is 5.15 Å². The highest BCUT2D eigenvalue weighted by Gasteiger charge is 2.13. The molecular formula is C9H5Cl3N2O2. The monoisotopic (exact) mass is 278 g/mol. The molecule has 7 heteroatoms. The number of hydrogen-bond donors (Lipinski definition) is 1. The lowest BCUT2D eigenvalue weighted by Crippen LogP contribution is -1.99. The van der Waals surface area contributed by atoms with Crippen LogP contribution in [0.25, 0.3) is 10.9 Å². The minimum absolute atomic E-state index is 0. The Hall–Kier alpha value is -1.10. The number of fused-ring (bicyclic) bond motifs is 1. The molecule has 0 saturated carbocycles. The molecule has 0 aliphatic carbocycles. The van der Waals surface area contributed by atoms with Crippen LogP contribution in [0.4, 0.5) is 0 Å². The Morgan fingerprint density at radius 3 is 2.56 bits per heavy atom. The molecule has 0 amide bonds. The third kappa shape index (κ3) is 2.19. The molecular weight excluding hydrogens is 274 g/mol. The lowest BCUT2D eigenvalue weighted by molar-refractivity contribution is 0.0699. The zero-order chi connectivity index (χ0) is 11.0. The van der Waals surface area contributed by atoms with Crippen molar-refractivity contribution in [3.05, 3.63) is 34.2 Å². The van der Waals surface area contributed by atoms with Gasteiger partial charge in [-0.05, 0) is 23.7 Å². The molecule has 0 atom stereocenters. The van der Waals surface area contributed by atoms with Gasteiger partial charge < -0.3 is 5.11 Å². The van der Waals surface area contributed by atoms with Crippen molar-refractivity contribution in [3.63, 3.8) is 0 Å². The summed E-state index contributed by atoms with van der Waals surface area (Å²) in [6.45, 7) is 0. The summed E-state index contributed by atoms with van der Waals surface area (Å²) in [5.74, 6) is -1.08. The first-order valence-corrected chi connectivity index (χ1v) is 4.70. The van der Waals surface area contributed by atoms with Gasteiger partial charge in [-0.1, -0.05) is 17.7 Å². The van der Waals surface area contributed by atoms with Crippen LogP contribution in [0.15, 0.2) is 18.2 Å². The number of hydrogen-bond acceptors (Lipinski definition) is 3. The summed E-state index contributed by atoms with van der Waals surface area (Å²) in [5.41, 5.74) is 0.481. The van der Waals surface area contributed by atoms with Crippen molar-refractivity contribution >= 4 is 52.5 Å². The molecule has 16 heavy (non-hydrogen) atoms. The second kappa shape index (κ2) is 4.82. The second-order valence-electron chi connectivity index (χ2n) is 2.79. The number of carbonyl (C=O) groups is 1. The largest absolute Gasteiger partial charge is 0.478 e. The molecule has 0 spiro atoms. The van der Waals surface area contributed by atoms with Gasteiger partial charge in [0.15, 0.2) is 0 Å². The molecule has 2 rings (SSSR count). The molecule has 0 unspecified atom stereocenters. The van der Waals surface area contributed by atoms with E-state index in [1.165, 1.54) is 6.07 Å². The lowest BCUT2D eigenvalue weighted by Gasteiger charge is -2.03. The van der Waals surface area contributed by atoms with Gasteiger partial charge in [-0.25, -0.2) is 14.8 Å². The Bertz CT molecular complexity index is 560. The van der Waals surface area contributed by atoms with Crippen molar-refractivity contribution in [1.29, 1.82) is 0 Å². The van der Waals surface area contributed by atoms with E-state index in [9.17, 15) is 4.79 Å². The second-order valence-corrected chi connectivity index (χ2v) is 3.48. The Balaban J connectivity index is 0.00000128. The number of carboxylic acid groups (broad SMARTS) is 1. The third-order valence-electron chi connectivity index (χ3n) is 1.88. The molecule has 4 nitrogen and oxygen atoms in total. The van der Waals surface area contributed by atoms with Crippen LogP contribution in [0.5, 0.6) is 0 Å². The van der Waals surface area contributed by atoms with E-state index in [4.69, 9.17) is 28.3 Å². The number of aromatic nitrogens is 2. The van der Waals surface area contributed by atoms with Gasteiger partial charge in [0.25, 0.3) is 0 Å².